The first kappa shape index (κ1) is 37.7. The van der Waals surface area contributed by atoms with E-state index >= 15 is 0 Å². The molecule has 2 N–H and O–H groups in total. The second kappa shape index (κ2) is 17.8. The second-order valence-electron chi connectivity index (χ2n) is 12.5. The van der Waals surface area contributed by atoms with Crippen molar-refractivity contribution in [1.82, 2.24) is 0 Å². The number of hydrogen-bond acceptors (Lipinski definition) is 10. The highest BCUT2D eigenvalue weighted by Crippen LogP contribution is 2.37. The maximum Gasteiger partial charge on any atom is 0.332 e. The summed E-state index contributed by atoms with van der Waals surface area (Å²) in [4.78, 5) is 36.4. The molecular weight excluding hydrogens is 568 g/mol. The van der Waals surface area contributed by atoms with Gasteiger partial charge in [0.2, 0.25) is 0 Å². The summed E-state index contributed by atoms with van der Waals surface area (Å²) in [7, 11) is 0. The molecule has 0 amide bonds. The van der Waals surface area contributed by atoms with Gasteiger partial charge in [0.15, 0.2) is 0 Å². The Labute approximate surface area is 262 Å². The van der Waals surface area contributed by atoms with Crippen molar-refractivity contribution < 1.29 is 48.3 Å². The Morgan fingerprint density at radius 3 is 2.55 bits per heavy atom. The first-order valence-corrected chi connectivity index (χ1v) is 15.9. The molecule has 0 saturated carbocycles. The van der Waals surface area contributed by atoms with E-state index in [0.717, 1.165) is 12.0 Å². The molecule has 10 atom stereocenters. The maximum atomic E-state index is 12.7. The lowest BCUT2D eigenvalue weighted by Gasteiger charge is -2.32. The van der Waals surface area contributed by atoms with E-state index in [0.29, 0.717) is 13.0 Å². The molecule has 44 heavy (non-hydrogen) atoms. The predicted octanol–water partition coefficient (Wildman–Crippen LogP) is 4.61. The standard InChI is InChI=1S/C34H54O10/c1-9-27(42-31(38)20-40-10-2)24(6)33-28(43-33)18-21(3)12-11-13-22(4)32-23(5)14-15-29(41-25(7)35)34(8,39)17-16-26(36)19-30(37)44-32/h11-15,21,23-24,26-29,32-33,36,39H,9-10,16-20H2,1-8H3. The molecule has 2 rings (SSSR count). The normalized spacial score (nSPS) is 32.1. The number of carbonyl (C=O) groups excluding carboxylic acids is 3. The molecule has 0 aromatic carbocycles. The van der Waals surface area contributed by atoms with Crippen molar-refractivity contribution in [3.8, 4) is 0 Å². The molecule has 0 bridgehead atoms. The third-order valence-electron chi connectivity index (χ3n) is 8.30. The van der Waals surface area contributed by atoms with Gasteiger partial charge in [0.1, 0.15) is 30.5 Å². The number of rotatable bonds is 13. The lowest BCUT2D eigenvalue weighted by Crippen LogP contribution is -2.42. The van der Waals surface area contributed by atoms with Crippen LogP contribution in [-0.4, -0.2) is 83.6 Å². The highest BCUT2D eigenvalue weighted by Gasteiger charge is 2.46. The van der Waals surface area contributed by atoms with Crippen molar-refractivity contribution >= 4 is 17.9 Å². The Bertz CT molecular complexity index is 1030. The number of epoxide rings is 1. The second-order valence-corrected chi connectivity index (χ2v) is 12.5. The zero-order chi connectivity index (χ0) is 33.0. The van der Waals surface area contributed by atoms with Gasteiger partial charge in [-0.25, -0.2) is 4.79 Å². The molecule has 0 spiro atoms. The fraction of sp³-hybridized carbons (Fsp3) is 0.735. The average Bonchev–Trinajstić information content (AvgIpc) is 3.72. The van der Waals surface area contributed by atoms with Gasteiger partial charge in [0.25, 0.3) is 0 Å². The molecule has 1 saturated heterocycles. The van der Waals surface area contributed by atoms with Crippen LogP contribution >= 0.6 is 0 Å². The summed E-state index contributed by atoms with van der Waals surface area (Å²) < 4.78 is 27.9. The lowest BCUT2D eigenvalue weighted by molar-refractivity contribution is -0.158. The number of hydrogen-bond donors (Lipinski definition) is 2. The molecule has 250 valence electrons. The molecule has 0 radical (unpaired) electrons. The zero-order valence-corrected chi connectivity index (χ0v) is 27.7. The van der Waals surface area contributed by atoms with Crippen LogP contribution in [-0.2, 0) is 38.1 Å². The smallest absolute Gasteiger partial charge is 0.332 e. The number of allylic oxidation sites excluding steroid dienone is 3. The summed E-state index contributed by atoms with van der Waals surface area (Å²) in [6, 6.07) is 0. The Hall–Kier alpha value is -2.53. The van der Waals surface area contributed by atoms with Crippen LogP contribution in [0.3, 0.4) is 0 Å². The van der Waals surface area contributed by atoms with Crippen LogP contribution in [0.5, 0.6) is 0 Å². The first-order chi connectivity index (χ1) is 20.7. The van der Waals surface area contributed by atoms with Gasteiger partial charge in [-0.1, -0.05) is 52.0 Å². The molecule has 0 aliphatic carbocycles. The molecular formula is C34H54O10. The van der Waals surface area contributed by atoms with E-state index in [4.69, 9.17) is 23.7 Å². The van der Waals surface area contributed by atoms with Gasteiger partial charge in [0.05, 0.1) is 24.7 Å². The van der Waals surface area contributed by atoms with E-state index < -0.39 is 35.9 Å². The number of carbonyl (C=O) groups is 3. The van der Waals surface area contributed by atoms with E-state index in [1.165, 1.54) is 6.92 Å². The number of aliphatic hydroxyl groups excluding tert-OH is 1. The van der Waals surface area contributed by atoms with Gasteiger partial charge in [-0.15, -0.1) is 0 Å². The van der Waals surface area contributed by atoms with Crippen molar-refractivity contribution in [1.29, 1.82) is 0 Å². The summed E-state index contributed by atoms with van der Waals surface area (Å²) in [5, 5.41) is 21.4. The third kappa shape index (κ3) is 12.5. The molecule has 2 aliphatic rings. The van der Waals surface area contributed by atoms with Crippen LogP contribution in [0.4, 0.5) is 0 Å². The molecule has 10 heteroatoms. The molecule has 10 unspecified atom stereocenters. The minimum Gasteiger partial charge on any atom is -0.460 e. The van der Waals surface area contributed by atoms with Crippen molar-refractivity contribution in [2.45, 2.75) is 130 Å². The van der Waals surface area contributed by atoms with Crippen molar-refractivity contribution in [2.24, 2.45) is 17.8 Å². The van der Waals surface area contributed by atoms with E-state index in [1.807, 2.05) is 46.8 Å². The fourth-order valence-corrected chi connectivity index (χ4v) is 5.54. The number of ether oxygens (including phenoxy) is 5. The van der Waals surface area contributed by atoms with Crippen LogP contribution in [0.15, 0.2) is 36.0 Å². The maximum absolute atomic E-state index is 12.7. The predicted molar refractivity (Wildman–Crippen MR) is 165 cm³/mol. The van der Waals surface area contributed by atoms with Crippen LogP contribution in [0.2, 0.25) is 0 Å². The van der Waals surface area contributed by atoms with Gasteiger partial charge in [0, 0.05) is 25.4 Å². The summed E-state index contributed by atoms with van der Waals surface area (Å²) in [6.45, 7) is 15.0. The Kier molecular flexibility index (Phi) is 15.3. The Morgan fingerprint density at radius 2 is 1.91 bits per heavy atom. The molecule has 2 aliphatic heterocycles. The van der Waals surface area contributed by atoms with E-state index in [-0.39, 0.29) is 67.9 Å². The van der Waals surface area contributed by atoms with Crippen LogP contribution < -0.4 is 0 Å². The van der Waals surface area contributed by atoms with E-state index in [2.05, 4.69) is 13.0 Å². The van der Waals surface area contributed by atoms with Crippen molar-refractivity contribution in [2.75, 3.05) is 13.2 Å². The summed E-state index contributed by atoms with van der Waals surface area (Å²) in [5.74, 6) is -1.43. The fourth-order valence-electron chi connectivity index (χ4n) is 5.54. The topological polar surface area (TPSA) is 141 Å². The molecule has 2 heterocycles. The Balaban J connectivity index is 2.05. The van der Waals surface area contributed by atoms with Crippen molar-refractivity contribution in [3.05, 3.63) is 36.0 Å². The Morgan fingerprint density at radius 1 is 1.20 bits per heavy atom. The highest BCUT2D eigenvalue weighted by atomic mass is 16.6. The molecule has 0 aromatic rings. The van der Waals surface area contributed by atoms with Crippen LogP contribution in [0, 0.1) is 17.8 Å². The van der Waals surface area contributed by atoms with Gasteiger partial charge < -0.3 is 33.9 Å². The highest BCUT2D eigenvalue weighted by molar-refractivity contribution is 5.71. The summed E-state index contributed by atoms with van der Waals surface area (Å²) in [6.07, 6.45) is 8.27. The number of aliphatic hydroxyl groups is 2. The lowest BCUT2D eigenvalue weighted by atomic mass is 9.88. The van der Waals surface area contributed by atoms with Crippen LogP contribution in [0.25, 0.3) is 0 Å². The zero-order valence-electron chi connectivity index (χ0n) is 27.7. The quantitative estimate of drug-likeness (QED) is 0.0984. The van der Waals surface area contributed by atoms with Gasteiger partial charge >= 0.3 is 17.9 Å². The average molecular weight is 623 g/mol. The minimum atomic E-state index is -1.42. The number of cyclic esters (lactones) is 1. The van der Waals surface area contributed by atoms with Gasteiger partial charge in [-0.2, -0.15) is 0 Å². The molecule has 0 aromatic heterocycles. The van der Waals surface area contributed by atoms with Gasteiger partial charge in [-0.05, 0) is 64.0 Å². The first-order valence-electron chi connectivity index (χ1n) is 15.9. The minimum absolute atomic E-state index is 0.0307. The largest absolute Gasteiger partial charge is 0.460 e. The van der Waals surface area contributed by atoms with Gasteiger partial charge in [-0.3, -0.25) is 9.59 Å². The van der Waals surface area contributed by atoms with E-state index in [9.17, 15) is 24.6 Å². The monoisotopic (exact) mass is 622 g/mol. The van der Waals surface area contributed by atoms with Crippen LogP contribution in [0.1, 0.15) is 87.5 Å². The third-order valence-corrected chi connectivity index (χ3v) is 8.30. The van der Waals surface area contributed by atoms with E-state index in [1.54, 1.807) is 19.1 Å². The summed E-state index contributed by atoms with van der Waals surface area (Å²) >= 11 is 0. The molecule has 10 nitrogen and oxygen atoms in total. The molecule has 1 fully saturated rings. The SMILES string of the molecule is CCOCC(=O)OC(CC)C(C)C1OC1CC(C)C=CC=C(C)C1OC(=O)CC(O)CCC(C)(O)C(OC(C)=O)C=CC1C. The summed E-state index contributed by atoms with van der Waals surface area (Å²) in [5.41, 5.74) is -0.617. The number of esters is 3. The van der Waals surface area contributed by atoms with Crippen molar-refractivity contribution in [3.63, 3.8) is 0 Å².